The quantitative estimate of drug-likeness (QED) is 0.0271. The van der Waals surface area contributed by atoms with E-state index in [0.717, 1.165) is 76.2 Å². The number of allylic oxidation sites excluding steroid dienone is 18. The molecule has 12 rings (SSSR count). The second-order valence-electron chi connectivity index (χ2n) is 31.4. The molecule has 0 amide bonds. The van der Waals surface area contributed by atoms with Gasteiger partial charge in [-0.1, -0.05) is 222 Å². The van der Waals surface area contributed by atoms with Crippen molar-refractivity contribution in [3.63, 3.8) is 0 Å². The predicted octanol–water partition coefficient (Wildman–Crippen LogP) is 20.6. The van der Waals surface area contributed by atoms with Crippen LogP contribution in [0.4, 0.5) is 34.1 Å². The van der Waals surface area contributed by atoms with Gasteiger partial charge in [0.15, 0.2) is 11.5 Å². The zero-order valence-electron chi connectivity index (χ0n) is 70.2. The molecular weight excluding hydrogens is 1470 g/mol. The average molecular weight is 1600 g/mol. The molecule has 2 N–H and O–H groups in total. The van der Waals surface area contributed by atoms with Crippen LogP contribution in [0.1, 0.15) is 186 Å². The minimum atomic E-state index is -3.69. The monoisotopic (exact) mass is 1600 g/mol. The summed E-state index contributed by atoms with van der Waals surface area (Å²) in [5.41, 5.74) is 24.3. The van der Waals surface area contributed by atoms with Gasteiger partial charge in [-0.3, -0.25) is 9.36 Å². The van der Waals surface area contributed by atoms with E-state index in [1.54, 1.807) is 6.08 Å². The lowest BCUT2D eigenvalue weighted by molar-refractivity contribution is -0.519. The fourth-order valence-corrected chi connectivity index (χ4v) is 17.2. The minimum Gasteiger partial charge on any atom is -1.00 e. The molecule has 0 saturated heterocycles. The number of fused-ring (bicyclic) bond motifs is 6. The largest absolute Gasteiger partial charge is 1.00 e. The van der Waals surface area contributed by atoms with Crippen LogP contribution in [-0.2, 0) is 41.8 Å². The van der Waals surface area contributed by atoms with Crippen molar-refractivity contribution >= 4 is 91.5 Å². The van der Waals surface area contributed by atoms with Crippen molar-refractivity contribution < 1.29 is 35.8 Å². The summed E-state index contributed by atoms with van der Waals surface area (Å²) in [6, 6.07) is 52.1. The smallest absolute Gasteiger partial charge is 0.377 e. The molecule has 0 radical (unpaired) electrons. The molecule has 16 heteroatoms. The number of carbonyl (C=O) groups excluding carboxylic acids is 1. The van der Waals surface area contributed by atoms with Crippen molar-refractivity contribution in [1.82, 2.24) is 5.32 Å². The number of nitrogens with zero attached hydrogens (tertiary/aromatic N) is 7. The van der Waals surface area contributed by atoms with Crippen LogP contribution in [0.15, 0.2) is 252 Å². The topological polar surface area (TPSA) is 88.6 Å². The van der Waals surface area contributed by atoms with Gasteiger partial charge in [0.25, 0.3) is 0 Å². The molecule has 6 heterocycles. The van der Waals surface area contributed by atoms with Crippen LogP contribution in [0.5, 0.6) is 0 Å². The highest BCUT2D eigenvalue weighted by molar-refractivity contribution is 8.04. The number of benzene rings is 6. The average Bonchev–Trinajstić information content (AvgIpc) is 1.15. The molecule has 111 heavy (non-hydrogen) atoms. The first-order valence-electron chi connectivity index (χ1n) is 39.8. The fourth-order valence-electron chi connectivity index (χ4n) is 17.1. The van der Waals surface area contributed by atoms with E-state index in [1.807, 2.05) is 18.2 Å². The van der Waals surface area contributed by atoms with Crippen LogP contribution < -0.4 is 42.2 Å². The summed E-state index contributed by atoms with van der Waals surface area (Å²) in [7, 11) is 0. The van der Waals surface area contributed by atoms with Crippen molar-refractivity contribution in [3.05, 3.63) is 285 Å². The Morgan fingerprint density at radius 2 is 0.748 bits per heavy atom. The number of hydrogen-bond donors (Lipinski definition) is 2. The molecule has 0 atom stereocenters. The molecule has 6 aliphatic rings. The van der Waals surface area contributed by atoms with Crippen molar-refractivity contribution in [2.45, 2.75) is 185 Å². The molecule has 0 saturated carbocycles. The predicted molar refractivity (Wildman–Crippen MR) is 476 cm³/mol. The number of rotatable bonds is 19. The normalized spacial score (nSPS) is 19.3. The highest BCUT2D eigenvalue weighted by atomic mass is 35.9. The van der Waals surface area contributed by atoms with Gasteiger partial charge < -0.3 is 47.1 Å². The summed E-state index contributed by atoms with van der Waals surface area (Å²) < 4.78 is 14.2. The van der Waals surface area contributed by atoms with E-state index in [4.69, 9.17) is 16.5 Å². The van der Waals surface area contributed by atoms with Gasteiger partial charge >= 0.3 is 6.07 Å². The number of anilines is 5. The van der Waals surface area contributed by atoms with Gasteiger partial charge in [-0.15, -0.1) is 0 Å². The van der Waals surface area contributed by atoms with Crippen molar-refractivity contribution in [3.8, 4) is 0 Å². The molecule has 0 aromatic heterocycles. The molecule has 594 valence electrons. The Kier molecular flexibility index (Phi) is 31.3. The summed E-state index contributed by atoms with van der Waals surface area (Å²) in [6.07, 6.45) is 21.6. The number of likely N-dealkylation sites (N-methyl/N-ethyl adjacent to an activating group) is 5. The highest BCUT2D eigenvalue weighted by Gasteiger charge is 2.46. The first-order chi connectivity index (χ1) is 52.1. The van der Waals surface area contributed by atoms with Crippen LogP contribution >= 0.6 is 40.2 Å². The van der Waals surface area contributed by atoms with Gasteiger partial charge in [0.1, 0.15) is 19.6 Å². The maximum Gasteiger partial charge on any atom is 0.377 e. The number of ketones is 1. The molecule has 0 aliphatic carbocycles. The minimum absolute atomic E-state index is 0. The van der Waals surface area contributed by atoms with E-state index in [-0.39, 0.29) is 50.7 Å². The summed E-state index contributed by atoms with van der Waals surface area (Å²) in [6.45, 7) is 59.0. The van der Waals surface area contributed by atoms with Crippen molar-refractivity contribution in [1.29, 1.82) is 0 Å². The summed E-state index contributed by atoms with van der Waals surface area (Å²) in [5, 5.41) is 3.85. The summed E-state index contributed by atoms with van der Waals surface area (Å²) in [4.78, 5) is 32.5. The number of hydrogen-bond acceptors (Lipinski definition) is 8. The number of halogens is 4. The third-order valence-corrected chi connectivity index (χ3v) is 22.9. The molecular formula is C95H124Cl4N8O3P+. The number of nitrogens with one attached hydrogen (secondary N) is 1. The van der Waals surface area contributed by atoms with Crippen LogP contribution in [0.3, 0.4) is 0 Å². The Morgan fingerprint density at radius 1 is 0.441 bits per heavy atom. The van der Waals surface area contributed by atoms with E-state index in [9.17, 15) is 9.36 Å². The second kappa shape index (κ2) is 38.4. The second-order valence-corrected chi connectivity index (χ2v) is 36.0. The molecule has 0 bridgehead atoms. The fraction of sp³-hybridized carbons (Fsp3) is 0.400. The first kappa shape index (κ1) is 90.5. The number of para-hydroxylation sites is 6. The molecule has 11 nitrogen and oxygen atoms in total. The maximum absolute atomic E-state index is 13.0. The van der Waals surface area contributed by atoms with E-state index in [1.165, 1.54) is 102 Å². The van der Waals surface area contributed by atoms with Gasteiger partial charge in [0.05, 0.1) is 5.41 Å². The number of carbonyl (C=O) groups is 1. The van der Waals surface area contributed by atoms with Crippen LogP contribution in [0, 0.1) is 0 Å². The molecule has 6 aromatic rings. The Labute approximate surface area is 688 Å². The zero-order valence-corrected chi connectivity index (χ0v) is 74.1. The van der Waals surface area contributed by atoms with E-state index < -0.39 is 6.07 Å². The maximum atomic E-state index is 13.0. The Bertz CT molecular complexity index is 4690. The first-order valence-corrected chi connectivity index (χ1v) is 43.6. The van der Waals surface area contributed by atoms with Crippen molar-refractivity contribution in [2.75, 3.05) is 89.9 Å². The van der Waals surface area contributed by atoms with Crippen LogP contribution in [-0.4, -0.2) is 96.7 Å². The summed E-state index contributed by atoms with van der Waals surface area (Å²) in [5.74, 6) is 0.0209. The van der Waals surface area contributed by atoms with E-state index in [2.05, 4.69) is 408 Å². The molecule has 6 aromatic carbocycles. The molecule has 0 spiro atoms. The van der Waals surface area contributed by atoms with E-state index in [0.29, 0.717) is 0 Å². The van der Waals surface area contributed by atoms with E-state index >= 15 is 0 Å². The Balaban J connectivity index is 0.000000217. The van der Waals surface area contributed by atoms with Gasteiger partial charge in [0.2, 0.25) is 11.4 Å². The Morgan fingerprint density at radius 3 is 1.08 bits per heavy atom. The third kappa shape index (κ3) is 19.4. The van der Waals surface area contributed by atoms with Gasteiger partial charge in [0, 0.05) is 158 Å². The van der Waals surface area contributed by atoms with Crippen molar-refractivity contribution in [2.24, 2.45) is 0 Å². The van der Waals surface area contributed by atoms with Gasteiger partial charge in [-0.25, -0.2) is 4.58 Å². The lowest BCUT2D eigenvalue weighted by atomic mass is 9.81. The SMILES string of the molecule is CCN1/C(=C/C=C/C(=O)/C=C2/N(CC)c3ccccc3C2(C)C)C(C)(C)c2ccccc21.CCN1C(=CC(/C=C/C=C2/N(CC)c3ccccc3C2(C)C)=[N+](CC)CC)C(C)(C)c2ccccc21.CCN1C(=CC(Cl)=CC=CC2=[N+](CC)c3ccccc3C2(C)C)C(C)(C)c2ccccc21.CCNCC.O=P(O)(Cl)Cl.[Cl-]. The molecule has 6 aliphatic heterocycles. The Hall–Kier alpha value is -7.70. The molecule has 0 unspecified atom stereocenters. The third-order valence-electron chi connectivity index (χ3n) is 22.7. The van der Waals surface area contributed by atoms with Gasteiger partial charge in [-0.05, 0) is 193 Å². The molecule has 0 fully saturated rings. The summed E-state index contributed by atoms with van der Waals surface area (Å²) >= 11 is 15.6. The lowest BCUT2D eigenvalue weighted by Crippen LogP contribution is -3.00. The zero-order chi connectivity index (χ0) is 80.9. The van der Waals surface area contributed by atoms with Crippen LogP contribution in [0.2, 0.25) is 0 Å². The van der Waals surface area contributed by atoms with Crippen LogP contribution in [0.25, 0.3) is 0 Å². The highest BCUT2D eigenvalue weighted by Crippen LogP contribution is 2.54. The lowest BCUT2D eigenvalue weighted by Gasteiger charge is -2.26. The van der Waals surface area contributed by atoms with Gasteiger partial charge in [-0.2, -0.15) is 4.58 Å². The standard InChI is InChI=1S/C33H44N3.C29H34ClN2.C29H34N2O.C4H11N.Cl2HO2P.ClH/c1-9-34(10-2)25(24-31-33(7,8)27-20-14-16-22-29(27)36(31)12-4)18-17-23-30-32(5,6)26-19-13-15-21-28(26)35(30)11-3;1-7-31-24-17-11-9-15-22(24)28(3,4)26(31)19-13-14-21(30)20-27-29(5,6)23-16-10-12-18-25(23)32(27)8-2;1-7-30-24-17-11-9-15-22(24)28(3,4)26(30)19-13-14-21(32)20-27-29(5,6)23-16-10-12-18-25(23)31(27)8-2;1-3-5-4-2;1-5(2,3)4;/h13-24H,9-12H2,1-8H3;2*9-20H,7-8H2,1-6H3;5H,3-4H2,1-2H3;(H,3,4);1H/q2*+1;;;;/p-1/b;;14-13+,26-19+,27-20+;;;.